The van der Waals surface area contributed by atoms with Gasteiger partial charge in [-0.25, -0.2) is 0 Å². The van der Waals surface area contributed by atoms with Crippen LogP contribution >= 0.6 is 11.6 Å². The first kappa shape index (κ1) is 15.5. The fourth-order valence-corrected chi connectivity index (χ4v) is 2.89. The van der Waals surface area contributed by atoms with Crippen LogP contribution in [0.25, 0.3) is 10.9 Å². The number of ether oxygens (including phenoxy) is 1. The van der Waals surface area contributed by atoms with E-state index in [2.05, 4.69) is 15.6 Å². The van der Waals surface area contributed by atoms with E-state index < -0.39 is 6.10 Å². The quantitative estimate of drug-likeness (QED) is 0.654. The molecule has 2 amide bonds. The second-order valence-corrected chi connectivity index (χ2v) is 6.27. The van der Waals surface area contributed by atoms with Gasteiger partial charge in [-0.05, 0) is 49.4 Å². The van der Waals surface area contributed by atoms with Gasteiger partial charge in [-0.15, -0.1) is 0 Å². The monoisotopic (exact) mass is 355 g/mol. The Kier molecular flexibility index (Phi) is 3.62. The number of hydrogen-bond acceptors (Lipinski definition) is 3. The molecule has 25 heavy (non-hydrogen) atoms. The molecule has 7 heteroatoms. The molecule has 0 spiro atoms. The standard InChI is InChI=1S/C18H14ClN3O3/c1-9-17(23)22-14-8-12(3-5-16(14)25-9)20-18(24)15-7-10-6-11(19)2-4-13(10)21-15/h2-9,21H,1H3,(H,20,24)(H,22,23). The number of carbonyl (C=O) groups is 2. The van der Waals surface area contributed by atoms with Gasteiger partial charge < -0.3 is 20.4 Å². The summed E-state index contributed by atoms with van der Waals surface area (Å²) in [7, 11) is 0. The second-order valence-electron chi connectivity index (χ2n) is 5.83. The molecule has 3 aromatic rings. The third kappa shape index (κ3) is 2.92. The molecular weight excluding hydrogens is 342 g/mol. The van der Waals surface area contributed by atoms with Crippen LogP contribution < -0.4 is 15.4 Å². The minimum Gasteiger partial charge on any atom is -0.479 e. The first-order valence-corrected chi connectivity index (χ1v) is 8.08. The molecular formula is C18H14ClN3O3. The highest BCUT2D eigenvalue weighted by Crippen LogP contribution is 2.32. The van der Waals surface area contributed by atoms with Crippen LogP contribution in [-0.4, -0.2) is 22.9 Å². The summed E-state index contributed by atoms with van der Waals surface area (Å²) in [6, 6.07) is 12.2. The van der Waals surface area contributed by atoms with E-state index in [4.69, 9.17) is 16.3 Å². The number of nitrogens with one attached hydrogen (secondary N) is 3. The summed E-state index contributed by atoms with van der Waals surface area (Å²) in [6.45, 7) is 1.68. The van der Waals surface area contributed by atoms with Gasteiger partial charge in [0.2, 0.25) is 0 Å². The summed E-state index contributed by atoms with van der Waals surface area (Å²) in [5.74, 6) is 0.0671. The van der Waals surface area contributed by atoms with E-state index in [9.17, 15) is 9.59 Å². The number of aromatic nitrogens is 1. The lowest BCUT2D eigenvalue weighted by atomic mass is 10.2. The lowest BCUT2D eigenvalue weighted by Gasteiger charge is -2.23. The number of amides is 2. The van der Waals surface area contributed by atoms with Crippen molar-refractivity contribution in [3.63, 3.8) is 0 Å². The summed E-state index contributed by atoms with van der Waals surface area (Å²) in [5, 5.41) is 7.02. The molecule has 0 saturated heterocycles. The summed E-state index contributed by atoms with van der Waals surface area (Å²) in [6.07, 6.45) is -0.536. The van der Waals surface area contributed by atoms with Gasteiger partial charge in [0.1, 0.15) is 11.4 Å². The Morgan fingerprint density at radius 1 is 1.20 bits per heavy atom. The Morgan fingerprint density at radius 3 is 2.88 bits per heavy atom. The molecule has 0 saturated carbocycles. The average molecular weight is 356 g/mol. The Labute approximate surface area is 148 Å². The molecule has 6 nitrogen and oxygen atoms in total. The van der Waals surface area contributed by atoms with Crippen molar-refractivity contribution in [3.05, 3.63) is 53.2 Å². The van der Waals surface area contributed by atoms with Crippen LogP contribution in [0.2, 0.25) is 5.02 Å². The largest absolute Gasteiger partial charge is 0.479 e. The molecule has 1 unspecified atom stereocenters. The summed E-state index contributed by atoms with van der Waals surface area (Å²) >= 11 is 5.97. The van der Waals surface area contributed by atoms with Crippen molar-refractivity contribution in [2.45, 2.75) is 13.0 Å². The highest BCUT2D eigenvalue weighted by molar-refractivity contribution is 6.31. The van der Waals surface area contributed by atoms with Crippen molar-refractivity contribution < 1.29 is 14.3 Å². The maximum Gasteiger partial charge on any atom is 0.272 e. The predicted molar refractivity (Wildman–Crippen MR) is 96.4 cm³/mol. The Balaban J connectivity index is 1.58. The van der Waals surface area contributed by atoms with Gasteiger partial charge in [-0.2, -0.15) is 0 Å². The van der Waals surface area contributed by atoms with E-state index in [-0.39, 0.29) is 11.8 Å². The minimum absolute atomic E-state index is 0.219. The smallest absolute Gasteiger partial charge is 0.272 e. The van der Waals surface area contributed by atoms with Crippen LogP contribution in [0.3, 0.4) is 0 Å². The van der Waals surface area contributed by atoms with Crippen molar-refractivity contribution in [1.29, 1.82) is 0 Å². The van der Waals surface area contributed by atoms with Crippen molar-refractivity contribution in [2.24, 2.45) is 0 Å². The van der Waals surface area contributed by atoms with Gasteiger partial charge in [0.25, 0.3) is 11.8 Å². The third-order valence-electron chi connectivity index (χ3n) is 4.00. The SMILES string of the molecule is CC1Oc2ccc(NC(=O)c3cc4cc(Cl)ccc4[nH]3)cc2NC1=O. The fraction of sp³-hybridized carbons (Fsp3) is 0.111. The zero-order valence-electron chi connectivity index (χ0n) is 13.2. The number of halogens is 1. The van der Waals surface area contributed by atoms with E-state index in [0.29, 0.717) is 27.8 Å². The molecule has 0 radical (unpaired) electrons. The van der Waals surface area contributed by atoms with Gasteiger partial charge in [0.05, 0.1) is 5.69 Å². The zero-order valence-corrected chi connectivity index (χ0v) is 14.0. The third-order valence-corrected chi connectivity index (χ3v) is 4.23. The maximum absolute atomic E-state index is 12.5. The number of aromatic amines is 1. The van der Waals surface area contributed by atoms with E-state index in [1.165, 1.54) is 0 Å². The van der Waals surface area contributed by atoms with Gasteiger partial charge in [-0.3, -0.25) is 9.59 Å². The van der Waals surface area contributed by atoms with Gasteiger partial charge >= 0.3 is 0 Å². The molecule has 0 aliphatic carbocycles. The molecule has 0 fully saturated rings. The predicted octanol–water partition coefficient (Wildman–Crippen LogP) is 3.79. The van der Waals surface area contributed by atoms with Crippen LogP contribution in [0.5, 0.6) is 5.75 Å². The molecule has 4 rings (SSSR count). The zero-order chi connectivity index (χ0) is 17.6. The average Bonchev–Trinajstić information content (AvgIpc) is 2.99. The Bertz CT molecular complexity index is 1010. The van der Waals surface area contributed by atoms with E-state index in [1.54, 1.807) is 43.3 Å². The molecule has 1 aliphatic rings. The topological polar surface area (TPSA) is 83.2 Å². The van der Waals surface area contributed by atoms with Crippen LogP contribution in [0.4, 0.5) is 11.4 Å². The molecule has 3 N–H and O–H groups in total. The number of hydrogen-bond donors (Lipinski definition) is 3. The lowest BCUT2D eigenvalue weighted by molar-refractivity contribution is -0.122. The van der Waals surface area contributed by atoms with Crippen molar-refractivity contribution in [3.8, 4) is 5.75 Å². The highest BCUT2D eigenvalue weighted by atomic mass is 35.5. The fourth-order valence-electron chi connectivity index (χ4n) is 2.71. The van der Waals surface area contributed by atoms with Crippen molar-refractivity contribution in [2.75, 3.05) is 10.6 Å². The molecule has 2 heterocycles. The van der Waals surface area contributed by atoms with Gasteiger partial charge in [0.15, 0.2) is 6.10 Å². The number of anilines is 2. The Morgan fingerprint density at radius 2 is 2.04 bits per heavy atom. The van der Waals surface area contributed by atoms with E-state index in [0.717, 1.165) is 10.9 Å². The molecule has 126 valence electrons. The van der Waals surface area contributed by atoms with E-state index >= 15 is 0 Å². The number of H-pyrrole nitrogens is 1. The summed E-state index contributed by atoms with van der Waals surface area (Å²) < 4.78 is 5.50. The number of fused-ring (bicyclic) bond motifs is 2. The van der Waals surface area contributed by atoms with E-state index in [1.807, 2.05) is 6.07 Å². The lowest BCUT2D eigenvalue weighted by Crippen LogP contribution is -2.34. The molecule has 1 atom stereocenters. The summed E-state index contributed by atoms with van der Waals surface area (Å²) in [4.78, 5) is 27.2. The number of benzene rings is 2. The number of carbonyl (C=O) groups excluding carboxylic acids is 2. The normalized spacial score (nSPS) is 16.1. The highest BCUT2D eigenvalue weighted by Gasteiger charge is 2.23. The van der Waals surface area contributed by atoms with Crippen LogP contribution in [0, 0.1) is 0 Å². The molecule has 2 aromatic carbocycles. The number of rotatable bonds is 2. The van der Waals surface area contributed by atoms with Crippen LogP contribution in [0.1, 0.15) is 17.4 Å². The Hall–Kier alpha value is -2.99. The van der Waals surface area contributed by atoms with Crippen molar-refractivity contribution >= 4 is 45.7 Å². The first-order valence-electron chi connectivity index (χ1n) is 7.71. The van der Waals surface area contributed by atoms with Crippen LogP contribution in [-0.2, 0) is 4.79 Å². The van der Waals surface area contributed by atoms with Gasteiger partial charge in [-0.1, -0.05) is 11.6 Å². The second kappa shape index (κ2) is 5.82. The molecule has 1 aliphatic heterocycles. The maximum atomic E-state index is 12.5. The van der Waals surface area contributed by atoms with Crippen molar-refractivity contribution in [1.82, 2.24) is 4.98 Å². The molecule has 0 bridgehead atoms. The first-order chi connectivity index (χ1) is 12.0. The minimum atomic E-state index is -0.536. The molecule has 1 aromatic heterocycles. The van der Waals surface area contributed by atoms with Crippen LogP contribution in [0.15, 0.2) is 42.5 Å². The summed E-state index contributed by atoms with van der Waals surface area (Å²) in [5.41, 5.74) is 2.33. The van der Waals surface area contributed by atoms with Gasteiger partial charge in [0, 0.05) is 21.6 Å².